The summed E-state index contributed by atoms with van der Waals surface area (Å²) in [4.78, 5) is 0. The summed E-state index contributed by atoms with van der Waals surface area (Å²) >= 11 is 0. The van der Waals surface area contributed by atoms with Gasteiger partial charge in [-0.1, -0.05) is 114 Å². The van der Waals surface area contributed by atoms with Crippen LogP contribution >= 0.6 is 0 Å². The van der Waals surface area contributed by atoms with Crippen LogP contribution in [0.2, 0.25) is 0 Å². The molecular weight excluding hydrogens is 424 g/mol. The van der Waals surface area contributed by atoms with Crippen LogP contribution in [0.25, 0.3) is 11.1 Å². The van der Waals surface area contributed by atoms with Crippen LogP contribution in [0.5, 0.6) is 11.5 Å². The Kier molecular flexibility index (Phi) is 4.50. The van der Waals surface area contributed by atoms with Gasteiger partial charge in [0.25, 0.3) is 0 Å². The van der Waals surface area contributed by atoms with Gasteiger partial charge in [-0.3, -0.25) is 0 Å². The molecule has 176 valence electrons. The van der Waals surface area contributed by atoms with Crippen LogP contribution in [-0.2, 0) is 16.2 Å². The number of hydrogen-bond acceptors (Lipinski definition) is 1. The normalized spacial score (nSPS) is 15.2. The number of hydrogen-bond donors (Lipinski definition) is 0. The lowest BCUT2D eigenvalue weighted by Gasteiger charge is -2.40. The molecule has 1 nitrogen and oxygen atoms in total. The molecule has 1 spiro atoms. The van der Waals surface area contributed by atoms with E-state index in [-0.39, 0.29) is 10.8 Å². The van der Waals surface area contributed by atoms with Gasteiger partial charge in [0.1, 0.15) is 11.5 Å². The van der Waals surface area contributed by atoms with Crippen molar-refractivity contribution >= 4 is 0 Å². The molecule has 0 saturated carbocycles. The predicted octanol–water partition coefficient (Wildman–Crippen LogP) is 9.06. The third-order valence-electron chi connectivity index (χ3n) is 7.92. The molecule has 1 aliphatic heterocycles. The van der Waals surface area contributed by atoms with Crippen LogP contribution in [0, 0.1) is 6.92 Å². The maximum atomic E-state index is 6.54. The zero-order valence-corrected chi connectivity index (χ0v) is 21.9. The third-order valence-corrected chi connectivity index (χ3v) is 7.92. The molecule has 6 rings (SSSR count). The van der Waals surface area contributed by atoms with Crippen LogP contribution in [0.15, 0.2) is 78.9 Å². The van der Waals surface area contributed by atoms with Crippen LogP contribution in [-0.4, -0.2) is 0 Å². The standard InChI is InChI=1S/C34H34O/c1-21-12-17-31-29(18-21)34(26-10-8-9-11-30(26)35-31)27-19-22(32(2,3)4)13-15-24(27)25-16-14-23(20-28(25)34)33(5,6)7/h8-20H,1-7H3. The molecule has 0 bridgehead atoms. The predicted molar refractivity (Wildman–Crippen MR) is 146 cm³/mol. The van der Waals surface area contributed by atoms with E-state index in [2.05, 4.69) is 127 Å². The lowest BCUT2D eigenvalue weighted by Crippen LogP contribution is -2.33. The summed E-state index contributed by atoms with van der Waals surface area (Å²) in [5.41, 5.74) is 11.5. The van der Waals surface area contributed by atoms with Gasteiger partial charge in [-0.2, -0.15) is 0 Å². The first kappa shape index (κ1) is 22.2. The molecule has 0 aromatic heterocycles. The molecule has 35 heavy (non-hydrogen) atoms. The van der Waals surface area contributed by atoms with Gasteiger partial charge >= 0.3 is 0 Å². The topological polar surface area (TPSA) is 9.23 Å². The fourth-order valence-corrected chi connectivity index (χ4v) is 5.99. The minimum absolute atomic E-state index is 0.0572. The average Bonchev–Trinajstić information content (AvgIpc) is 3.09. The van der Waals surface area contributed by atoms with E-state index in [9.17, 15) is 0 Å². The van der Waals surface area contributed by atoms with E-state index < -0.39 is 5.41 Å². The number of para-hydroxylation sites is 1. The largest absolute Gasteiger partial charge is 0.457 e. The van der Waals surface area contributed by atoms with Gasteiger partial charge < -0.3 is 4.74 Å². The number of fused-ring (bicyclic) bond motifs is 9. The lowest BCUT2D eigenvalue weighted by molar-refractivity contribution is 0.435. The van der Waals surface area contributed by atoms with Crippen molar-refractivity contribution in [3.8, 4) is 22.6 Å². The fourth-order valence-electron chi connectivity index (χ4n) is 5.99. The summed E-state index contributed by atoms with van der Waals surface area (Å²) in [6.07, 6.45) is 0. The van der Waals surface area contributed by atoms with Gasteiger partial charge in [0.15, 0.2) is 0 Å². The Morgan fingerprint density at radius 3 is 1.66 bits per heavy atom. The highest BCUT2D eigenvalue weighted by Gasteiger charge is 2.51. The SMILES string of the molecule is Cc1ccc2c(c1)C1(c3ccccc3O2)c2cc(C(C)(C)C)ccc2-c2ccc(C(C)(C)C)cc21. The van der Waals surface area contributed by atoms with Gasteiger partial charge in [0, 0.05) is 11.1 Å². The van der Waals surface area contributed by atoms with E-state index in [0.29, 0.717) is 0 Å². The number of ether oxygens (including phenoxy) is 1. The summed E-state index contributed by atoms with van der Waals surface area (Å²) < 4.78 is 6.54. The van der Waals surface area contributed by atoms with Crippen molar-refractivity contribution < 1.29 is 4.74 Å². The zero-order valence-electron chi connectivity index (χ0n) is 21.9. The van der Waals surface area contributed by atoms with E-state index in [0.717, 1.165) is 11.5 Å². The Balaban J connectivity index is 1.82. The van der Waals surface area contributed by atoms with Crippen molar-refractivity contribution in [2.45, 2.75) is 64.7 Å². The summed E-state index contributed by atoms with van der Waals surface area (Å²) in [5.74, 6) is 1.90. The van der Waals surface area contributed by atoms with Crippen molar-refractivity contribution in [1.82, 2.24) is 0 Å². The second-order valence-corrected chi connectivity index (χ2v) is 12.4. The second-order valence-electron chi connectivity index (χ2n) is 12.4. The second kappa shape index (κ2) is 7.10. The first-order chi connectivity index (χ1) is 16.5. The van der Waals surface area contributed by atoms with Crippen molar-refractivity contribution in [1.29, 1.82) is 0 Å². The molecule has 4 aromatic carbocycles. The highest BCUT2D eigenvalue weighted by molar-refractivity contribution is 5.89. The van der Waals surface area contributed by atoms with E-state index in [1.165, 1.54) is 50.1 Å². The molecule has 0 N–H and O–H groups in total. The van der Waals surface area contributed by atoms with E-state index in [4.69, 9.17) is 4.74 Å². The maximum Gasteiger partial charge on any atom is 0.132 e. The highest BCUT2D eigenvalue weighted by Crippen LogP contribution is 2.62. The van der Waals surface area contributed by atoms with Gasteiger partial charge in [-0.15, -0.1) is 0 Å². The van der Waals surface area contributed by atoms with E-state index in [1.807, 2.05) is 0 Å². The van der Waals surface area contributed by atoms with E-state index in [1.54, 1.807) is 0 Å². The van der Waals surface area contributed by atoms with Gasteiger partial charge in [-0.05, 0) is 63.3 Å². The van der Waals surface area contributed by atoms with Crippen molar-refractivity contribution in [3.63, 3.8) is 0 Å². The van der Waals surface area contributed by atoms with Crippen LogP contribution in [0.4, 0.5) is 0 Å². The van der Waals surface area contributed by atoms with Crippen LogP contribution < -0.4 is 4.74 Å². The number of rotatable bonds is 0. The van der Waals surface area contributed by atoms with Gasteiger partial charge in [0.2, 0.25) is 0 Å². The molecule has 0 fully saturated rings. The Labute approximate surface area is 209 Å². The molecule has 1 heteroatoms. The molecular formula is C34H34O. The third kappa shape index (κ3) is 3.07. The summed E-state index contributed by atoms with van der Waals surface area (Å²) in [7, 11) is 0. The van der Waals surface area contributed by atoms with Gasteiger partial charge in [0.05, 0.1) is 5.41 Å². The maximum absolute atomic E-state index is 6.54. The summed E-state index contributed by atoms with van der Waals surface area (Å²) in [5, 5.41) is 0. The molecule has 1 heterocycles. The molecule has 0 saturated heterocycles. The monoisotopic (exact) mass is 458 g/mol. The summed E-state index contributed by atoms with van der Waals surface area (Å²) in [6.45, 7) is 16.0. The Bertz CT molecular complexity index is 1430. The Morgan fingerprint density at radius 2 is 1.09 bits per heavy atom. The van der Waals surface area contributed by atoms with Crippen molar-refractivity contribution in [2.75, 3.05) is 0 Å². The van der Waals surface area contributed by atoms with Crippen LogP contribution in [0.3, 0.4) is 0 Å². The number of aryl methyl sites for hydroxylation is 1. The smallest absolute Gasteiger partial charge is 0.132 e. The lowest BCUT2D eigenvalue weighted by atomic mass is 9.64. The number of benzene rings is 4. The van der Waals surface area contributed by atoms with Crippen LogP contribution in [0.1, 0.15) is 80.5 Å². The molecule has 4 aromatic rings. The first-order valence-corrected chi connectivity index (χ1v) is 12.7. The average molecular weight is 459 g/mol. The van der Waals surface area contributed by atoms with Gasteiger partial charge in [-0.25, -0.2) is 0 Å². The van der Waals surface area contributed by atoms with Crippen molar-refractivity contribution in [2.24, 2.45) is 0 Å². The minimum Gasteiger partial charge on any atom is -0.457 e. The quantitative estimate of drug-likeness (QED) is 0.221. The molecule has 1 aliphatic carbocycles. The molecule has 0 radical (unpaired) electrons. The zero-order chi connectivity index (χ0) is 24.8. The molecule has 0 unspecified atom stereocenters. The minimum atomic E-state index is -0.413. The summed E-state index contributed by atoms with van der Waals surface area (Å²) in [6, 6.07) is 29.6. The van der Waals surface area contributed by atoms with E-state index >= 15 is 0 Å². The highest BCUT2D eigenvalue weighted by atomic mass is 16.5. The fraction of sp³-hybridized carbons (Fsp3) is 0.294. The Morgan fingerprint density at radius 1 is 0.543 bits per heavy atom. The van der Waals surface area contributed by atoms with Crippen molar-refractivity contribution in [3.05, 3.63) is 118 Å². The molecule has 0 atom stereocenters. The molecule has 2 aliphatic rings. The Hall–Kier alpha value is -3.32. The first-order valence-electron chi connectivity index (χ1n) is 12.7. The molecule has 0 amide bonds.